The van der Waals surface area contributed by atoms with Crippen LogP contribution < -0.4 is 5.32 Å². The number of aromatic nitrogens is 2. The predicted octanol–water partition coefficient (Wildman–Crippen LogP) is 1.10. The van der Waals surface area contributed by atoms with Crippen molar-refractivity contribution in [2.75, 3.05) is 32.5 Å². The molecule has 0 unspecified atom stereocenters. The van der Waals surface area contributed by atoms with Crippen molar-refractivity contribution in [3.8, 4) is 0 Å². The molecule has 1 rings (SSSR count). The predicted molar refractivity (Wildman–Crippen MR) is 54.1 cm³/mol. The third-order valence-corrected chi connectivity index (χ3v) is 1.70. The topological polar surface area (TPSA) is 41.0 Å². The van der Waals surface area contributed by atoms with Gasteiger partial charge in [-0.1, -0.05) is 11.6 Å². The Morgan fingerprint density at radius 1 is 1.38 bits per heavy atom. The lowest BCUT2D eigenvalue weighted by Gasteiger charge is -2.09. The van der Waals surface area contributed by atoms with E-state index in [-0.39, 0.29) is 0 Å². The van der Waals surface area contributed by atoms with E-state index in [9.17, 15) is 0 Å². The molecule has 0 aliphatic rings. The third-order valence-electron chi connectivity index (χ3n) is 1.50. The third kappa shape index (κ3) is 4.05. The standard InChI is InChI=1S/C8H13ClN4/c1-13(2)6-5-10-8-4-3-7(9)11-12-8/h3-4H,5-6H2,1-2H3,(H,10,12). The van der Waals surface area contributed by atoms with Crippen LogP contribution in [0.15, 0.2) is 12.1 Å². The van der Waals surface area contributed by atoms with E-state index in [1.165, 1.54) is 0 Å². The summed E-state index contributed by atoms with van der Waals surface area (Å²) in [5.74, 6) is 0.756. The van der Waals surface area contributed by atoms with Crippen LogP contribution in [0.2, 0.25) is 5.15 Å². The van der Waals surface area contributed by atoms with E-state index in [1.54, 1.807) is 6.07 Å². The Morgan fingerprint density at radius 3 is 2.69 bits per heavy atom. The van der Waals surface area contributed by atoms with Crippen LogP contribution in [0.3, 0.4) is 0 Å². The van der Waals surface area contributed by atoms with Crippen molar-refractivity contribution in [2.24, 2.45) is 0 Å². The number of hydrogen-bond acceptors (Lipinski definition) is 4. The van der Waals surface area contributed by atoms with Gasteiger partial charge in [0.25, 0.3) is 0 Å². The number of likely N-dealkylation sites (N-methyl/N-ethyl adjacent to an activating group) is 1. The summed E-state index contributed by atoms with van der Waals surface area (Å²) in [5.41, 5.74) is 0. The average molecular weight is 201 g/mol. The number of rotatable bonds is 4. The summed E-state index contributed by atoms with van der Waals surface area (Å²) in [6, 6.07) is 3.53. The van der Waals surface area contributed by atoms with Gasteiger partial charge in [-0.2, -0.15) is 0 Å². The molecule has 0 aliphatic carbocycles. The molecular weight excluding hydrogens is 188 g/mol. The second-order valence-electron chi connectivity index (χ2n) is 2.97. The van der Waals surface area contributed by atoms with E-state index in [4.69, 9.17) is 11.6 Å². The molecule has 0 atom stereocenters. The quantitative estimate of drug-likeness (QED) is 0.791. The molecule has 0 amide bonds. The highest BCUT2D eigenvalue weighted by Gasteiger charge is 1.94. The zero-order chi connectivity index (χ0) is 9.68. The van der Waals surface area contributed by atoms with Crippen LogP contribution in [0.5, 0.6) is 0 Å². The van der Waals surface area contributed by atoms with Gasteiger partial charge in [-0.3, -0.25) is 0 Å². The van der Waals surface area contributed by atoms with Crippen molar-refractivity contribution in [1.82, 2.24) is 15.1 Å². The lowest BCUT2D eigenvalue weighted by molar-refractivity contribution is 0.425. The maximum Gasteiger partial charge on any atom is 0.151 e. The van der Waals surface area contributed by atoms with Crippen LogP contribution in [-0.4, -0.2) is 42.3 Å². The minimum atomic E-state index is 0.415. The van der Waals surface area contributed by atoms with E-state index in [2.05, 4.69) is 20.4 Å². The van der Waals surface area contributed by atoms with E-state index in [0.717, 1.165) is 18.9 Å². The van der Waals surface area contributed by atoms with Crippen molar-refractivity contribution >= 4 is 17.4 Å². The first kappa shape index (κ1) is 10.2. The molecular formula is C8H13ClN4. The summed E-state index contributed by atoms with van der Waals surface area (Å²) in [7, 11) is 4.05. The van der Waals surface area contributed by atoms with Gasteiger partial charge < -0.3 is 10.2 Å². The summed E-state index contributed by atoms with van der Waals surface area (Å²) in [4.78, 5) is 2.09. The van der Waals surface area contributed by atoms with Gasteiger partial charge in [0.2, 0.25) is 0 Å². The average Bonchev–Trinajstić information content (AvgIpc) is 2.08. The second kappa shape index (κ2) is 4.99. The first-order chi connectivity index (χ1) is 6.18. The highest BCUT2D eigenvalue weighted by atomic mass is 35.5. The fourth-order valence-corrected chi connectivity index (χ4v) is 0.919. The zero-order valence-electron chi connectivity index (χ0n) is 7.79. The monoisotopic (exact) mass is 200 g/mol. The second-order valence-corrected chi connectivity index (χ2v) is 3.36. The number of nitrogens with zero attached hydrogens (tertiary/aromatic N) is 3. The van der Waals surface area contributed by atoms with Crippen LogP contribution in [-0.2, 0) is 0 Å². The van der Waals surface area contributed by atoms with Crippen LogP contribution in [0.25, 0.3) is 0 Å². The minimum Gasteiger partial charge on any atom is -0.367 e. The molecule has 0 aliphatic heterocycles. The molecule has 1 N–H and O–H groups in total. The largest absolute Gasteiger partial charge is 0.367 e. The van der Waals surface area contributed by atoms with E-state index >= 15 is 0 Å². The van der Waals surface area contributed by atoms with Crippen molar-refractivity contribution < 1.29 is 0 Å². The van der Waals surface area contributed by atoms with Gasteiger partial charge in [-0.25, -0.2) is 0 Å². The first-order valence-corrected chi connectivity index (χ1v) is 4.44. The smallest absolute Gasteiger partial charge is 0.151 e. The summed E-state index contributed by atoms with van der Waals surface area (Å²) < 4.78 is 0. The van der Waals surface area contributed by atoms with Crippen LogP contribution >= 0.6 is 11.6 Å². The summed E-state index contributed by atoms with van der Waals surface area (Å²) in [6.45, 7) is 1.81. The number of halogens is 1. The minimum absolute atomic E-state index is 0.415. The SMILES string of the molecule is CN(C)CCNc1ccc(Cl)nn1. The molecule has 0 radical (unpaired) electrons. The van der Waals surface area contributed by atoms with Gasteiger partial charge in [-0.15, -0.1) is 10.2 Å². The maximum absolute atomic E-state index is 5.59. The molecule has 1 heterocycles. The molecule has 1 aromatic rings. The van der Waals surface area contributed by atoms with Gasteiger partial charge in [0, 0.05) is 13.1 Å². The van der Waals surface area contributed by atoms with E-state index in [1.807, 2.05) is 20.2 Å². The van der Waals surface area contributed by atoms with Gasteiger partial charge in [-0.05, 0) is 26.2 Å². The Hall–Kier alpha value is -0.870. The Balaban J connectivity index is 2.33. The van der Waals surface area contributed by atoms with Gasteiger partial charge in [0.15, 0.2) is 5.15 Å². The lowest BCUT2D eigenvalue weighted by atomic mass is 10.5. The first-order valence-electron chi connectivity index (χ1n) is 4.06. The van der Waals surface area contributed by atoms with Gasteiger partial charge in [0.1, 0.15) is 5.82 Å². The normalized spacial score (nSPS) is 10.5. The number of anilines is 1. The van der Waals surface area contributed by atoms with Gasteiger partial charge in [0.05, 0.1) is 0 Å². The van der Waals surface area contributed by atoms with E-state index < -0.39 is 0 Å². The Labute approximate surface area is 82.9 Å². The van der Waals surface area contributed by atoms with Crippen LogP contribution in [0, 0.1) is 0 Å². The fraction of sp³-hybridized carbons (Fsp3) is 0.500. The van der Waals surface area contributed by atoms with E-state index in [0.29, 0.717) is 5.15 Å². The molecule has 0 aromatic carbocycles. The van der Waals surface area contributed by atoms with Crippen molar-refractivity contribution in [3.63, 3.8) is 0 Å². The molecule has 0 fully saturated rings. The Morgan fingerprint density at radius 2 is 2.15 bits per heavy atom. The maximum atomic E-state index is 5.59. The fourth-order valence-electron chi connectivity index (χ4n) is 0.818. The lowest BCUT2D eigenvalue weighted by Crippen LogP contribution is -2.21. The molecule has 72 valence electrons. The van der Waals surface area contributed by atoms with Gasteiger partial charge >= 0.3 is 0 Å². The highest BCUT2D eigenvalue weighted by molar-refractivity contribution is 6.29. The summed E-state index contributed by atoms with van der Waals surface area (Å²) in [5, 5.41) is 11.1. The Kier molecular flexibility index (Phi) is 3.92. The summed E-state index contributed by atoms with van der Waals surface area (Å²) in [6.07, 6.45) is 0. The molecule has 0 saturated carbocycles. The molecule has 0 spiro atoms. The number of hydrogen-bond donors (Lipinski definition) is 1. The molecule has 4 nitrogen and oxygen atoms in total. The molecule has 13 heavy (non-hydrogen) atoms. The van der Waals surface area contributed by atoms with Crippen molar-refractivity contribution in [3.05, 3.63) is 17.3 Å². The molecule has 1 aromatic heterocycles. The molecule has 5 heteroatoms. The highest BCUT2D eigenvalue weighted by Crippen LogP contribution is 2.05. The summed E-state index contributed by atoms with van der Waals surface area (Å²) >= 11 is 5.59. The molecule has 0 bridgehead atoms. The van der Waals surface area contributed by atoms with Crippen molar-refractivity contribution in [2.45, 2.75) is 0 Å². The molecule has 0 saturated heterocycles. The zero-order valence-corrected chi connectivity index (χ0v) is 8.54. The Bertz CT molecular complexity index is 247. The van der Waals surface area contributed by atoms with Crippen molar-refractivity contribution in [1.29, 1.82) is 0 Å². The number of nitrogens with one attached hydrogen (secondary N) is 1. The van der Waals surface area contributed by atoms with Crippen LogP contribution in [0.4, 0.5) is 5.82 Å². The van der Waals surface area contributed by atoms with Crippen LogP contribution in [0.1, 0.15) is 0 Å².